The van der Waals surface area contributed by atoms with Crippen LogP contribution in [-0.4, -0.2) is 11.7 Å². The standard InChI is InChI=1S/C12H15ClO2/c1-8(2)7-15-12-5-4-10(13)6-11(12)9(3)14/h4-6,9,14H,1,7H2,2-3H3/t9-/m1/s1. The number of ether oxygens (including phenoxy) is 1. The SMILES string of the molecule is C=C(C)COc1ccc(Cl)cc1[C@@H](C)O. The van der Waals surface area contributed by atoms with Gasteiger partial charge in [-0.15, -0.1) is 0 Å². The van der Waals surface area contributed by atoms with Gasteiger partial charge in [0.25, 0.3) is 0 Å². The summed E-state index contributed by atoms with van der Waals surface area (Å²) in [6.07, 6.45) is -0.594. The summed E-state index contributed by atoms with van der Waals surface area (Å²) in [6.45, 7) is 7.76. The number of rotatable bonds is 4. The molecule has 2 nitrogen and oxygen atoms in total. The van der Waals surface area contributed by atoms with Crippen LogP contribution >= 0.6 is 11.6 Å². The Morgan fingerprint density at radius 3 is 2.80 bits per heavy atom. The van der Waals surface area contributed by atoms with Gasteiger partial charge in [0.15, 0.2) is 0 Å². The number of hydrogen-bond donors (Lipinski definition) is 1. The van der Waals surface area contributed by atoms with Crippen LogP contribution in [0.5, 0.6) is 5.75 Å². The highest BCUT2D eigenvalue weighted by molar-refractivity contribution is 6.30. The molecule has 0 bridgehead atoms. The summed E-state index contributed by atoms with van der Waals surface area (Å²) in [7, 11) is 0. The zero-order chi connectivity index (χ0) is 11.4. The highest BCUT2D eigenvalue weighted by Gasteiger charge is 2.09. The van der Waals surface area contributed by atoms with E-state index in [0.717, 1.165) is 5.57 Å². The molecule has 1 atom stereocenters. The number of halogens is 1. The Labute approximate surface area is 95.1 Å². The molecule has 0 amide bonds. The molecule has 0 aliphatic heterocycles. The number of benzene rings is 1. The van der Waals surface area contributed by atoms with Crippen molar-refractivity contribution in [2.24, 2.45) is 0 Å². The van der Waals surface area contributed by atoms with Crippen LogP contribution < -0.4 is 4.74 Å². The van der Waals surface area contributed by atoms with Crippen molar-refractivity contribution in [1.29, 1.82) is 0 Å². The second-order valence-corrected chi connectivity index (χ2v) is 4.04. The van der Waals surface area contributed by atoms with Crippen LogP contribution in [-0.2, 0) is 0 Å². The Morgan fingerprint density at radius 1 is 1.60 bits per heavy atom. The first-order valence-corrected chi connectivity index (χ1v) is 5.13. The maximum atomic E-state index is 9.53. The van der Waals surface area contributed by atoms with Gasteiger partial charge >= 0.3 is 0 Å². The molecule has 1 rings (SSSR count). The predicted molar refractivity (Wildman–Crippen MR) is 62.4 cm³/mol. The van der Waals surface area contributed by atoms with Crippen molar-refractivity contribution in [2.75, 3.05) is 6.61 Å². The third kappa shape index (κ3) is 3.57. The molecular weight excluding hydrogens is 212 g/mol. The summed E-state index contributed by atoms with van der Waals surface area (Å²) in [5.41, 5.74) is 1.63. The highest BCUT2D eigenvalue weighted by Crippen LogP contribution is 2.28. The van der Waals surface area contributed by atoms with Crippen molar-refractivity contribution in [1.82, 2.24) is 0 Å². The molecule has 0 radical (unpaired) electrons. The number of hydrogen-bond acceptors (Lipinski definition) is 2. The Morgan fingerprint density at radius 2 is 2.27 bits per heavy atom. The summed E-state index contributed by atoms with van der Waals surface area (Å²) in [5, 5.41) is 10.1. The molecule has 1 aromatic carbocycles. The van der Waals surface area contributed by atoms with Crippen molar-refractivity contribution in [3.05, 3.63) is 40.9 Å². The molecule has 82 valence electrons. The summed E-state index contributed by atoms with van der Waals surface area (Å²) < 4.78 is 5.50. The van der Waals surface area contributed by atoms with Gasteiger partial charge in [-0.3, -0.25) is 0 Å². The maximum absolute atomic E-state index is 9.53. The molecule has 0 aliphatic carbocycles. The zero-order valence-electron chi connectivity index (χ0n) is 8.96. The monoisotopic (exact) mass is 226 g/mol. The molecule has 0 saturated heterocycles. The summed E-state index contributed by atoms with van der Waals surface area (Å²) in [5.74, 6) is 0.650. The summed E-state index contributed by atoms with van der Waals surface area (Å²) in [4.78, 5) is 0. The maximum Gasteiger partial charge on any atom is 0.125 e. The van der Waals surface area contributed by atoms with Crippen molar-refractivity contribution >= 4 is 11.6 Å². The lowest BCUT2D eigenvalue weighted by Crippen LogP contribution is -2.02. The van der Waals surface area contributed by atoms with Crippen molar-refractivity contribution < 1.29 is 9.84 Å². The van der Waals surface area contributed by atoms with Crippen LogP contribution in [0.15, 0.2) is 30.4 Å². The molecule has 0 aliphatic rings. The van der Waals surface area contributed by atoms with Gasteiger partial charge < -0.3 is 9.84 Å². The highest BCUT2D eigenvalue weighted by atomic mass is 35.5. The average Bonchev–Trinajstić information content (AvgIpc) is 2.15. The lowest BCUT2D eigenvalue weighted by molar-refractivity contribution is 0.192. The molecule has 0 heterocycles. The second kappa shape index (κ2) is 5.19. The van der Waals surface area contributed by atoms with Gasteiger partial charge in [-0.1, -0.05) is 18.2 Å². The first-order valence-electron chi connectivity index (χ1n) is 4.75. The van der Waals surface area contributed by atoms with Crippen molar-refractivity contribution in [3.8, 4) is 5.75 Å². The normalized spacial score (nSPS) is 12.3. The van der Waals surface area contributed by atoms with E-state index in [9.17, 15) is 5.11 Å². The molecule has 15 heavy (non-hydrogen) atoms. The van der Waals surface area contributed by atoms with Crippen LogP contribution in [0.1, 0.15) is 25.5 Å². The van der Waals surface area contributed by atoms with Crippen LogP contribution in [0.4, 0.5) is 0 Å². The Hall–Kier alpha value is -0.990. The molecule has 0 spiro atoms. The van der Waals surface area contributed by atoms with Crippen LogP contribution in [0.25, 0.3) is 0 Å². The fourth-order valence-electron chi connectivity index (χ4n) is 1.18. The van der Waals surface area contributed by atoms with E-state index < -0.39 is 6.10 Å². The third-order valence-electron chi connectivity index (χ3n) is 1.90. The first-order chi connectivity index (χ1) is 7.00. The van der Waals surface area contributed by atoms with Crippen LogP contribution in [0.3, 0.4) is 0 Å². The van der Waals surface area contributed by atoms with E-state index in [1.165, 1.54) is 0 Å². The van der Waals surface area contributed by atoms with Crippen LogP contribution in [0, 0.1) is 0 Å². The molecule has 0 unspecified atom stereocenters. The summed E-state index contributed by atoms with van der Waals surface area (Å²) >= 11 is 5.84. The lowest BCUT2D eigenvalue weighted by Gasteiger charge is -2.13. The number of aliphatic hydroxyl groups excluding tert-OH is 1. The first kappa shape index (κ1) is 12.1. The van der Waals surface area contributed by atoms with E-state index in [1.54, 1.807) is 25.1 Å². The molecule has 3 heteroatoms. The lowest BCUT2D eigenvalue weighted by atomic mass is 10.1. The quantitative estimate of drug-likeness (QED) is 0.798. The Bertz CT molecular complexity index is 359. The molecular formula is C12H15ClO2. The van der Waals surface area contributed by atoms with E-state index in [2.05, 4.69) is 6.58 Å². The fourth-order valence-corrected chi connectivity index (χ4v) is 1.36. The van der Waals surface area contributed by atoms with Gasteiger partial charge in [0.05, 0.1) is 6.10 Å². The minimum Gasteiger partial charge on any atom is -0.489 e. The van der Waals surface area contributed by atoms with Gasteiger partial charge in [-0.05, 0) is 37.6 Å². The molecule has 1 N–H and O–H groups in total. The van der Waals surface area contributed by atoms with Gasteiger partial charge in [-0.2, -0.15) is 0 Å². The van der Waals surface area contributed by atoms with Gasteiger partial charge in [0.2, 0.25) is 0 Å². The fraction of sp³-hybridized carbons (Fsp3) is 0.333. The second-order valence-electron chi connectivity index (χ2n) is 3.60. The van der Waals surface area contributed by atoms with E-state index in [0.29, 0.717) is 22.9 Å². The minimum absolute atomic E-state index is 0.446. The van der Waals surface area contributed by atoms with E-state index in [-0.39, 0.29) is 0 Å². The van der Waals surface area contributed by atoms with Crippen LogP contribution in [0.2, 0.25) is 5.02 Å². The largest absolute Gasteiger partial charge is 0.489 e. The third-order valence-corrected chi connectivity index (χ3v) is 2.13. The molecule has 0 aromatic heterocycles. The van der Waals surface area contributed by atoms with Crippen molar-refractivity contribution in [3.63, 3.8) is 0 Å². The van der Waals surface area contributed by atoms with E-state index in [4.69, 9.17) is 16.3 Å². The van der Waals surface area contributed by atoms with E-state index in [1.807, 2.05) is 6.92 Å². The minimum atomic E-state index is -0.594. The van der Waals surface area contributed by atoms with E-state index >= 15 is 0 Å². The van der Waals surface area contributed by atoms with Crippen molar-refractivity contribution in [2.45, 2.75) is 20.0 Å². The average molecular weight is 227 g/mol. The Balaban J connectivity index is 2.90. The number of aliphatic hydroxyl groups is 1. The van der Waals surface area contributed by atoms with Gasteiger partial charge in [0, 0.05) is 10.6 Å². The van der Waals surface area contributed by atoms with Gasteiger partial charge in [-0.25, -0.2) is 0 Å². The summed E-state index contributed by atoms with van der Waals surface area (Å²) in [6, 6.07) is 5.20. The Kier molecular flexibility index (Phi) is 4.18. The molecule has 1 aromatic rings. The zero-order valence-corrected chi connectivity index (χ0v) is 9.71. The predicted octanol–water partition coefficient (Wildman–Crippen LogP) is 3.35. The molecule has 0 fully saturated rings. The van der Waals surface area contributed by atoms with Gasteiger partial charge in [0.1, 0.15) is 12.4 Å². The molecule has 0 saturated carbocycles. The smallest absolute Gasteiger partial charge is 0.125 e. The topological polar surface area (TPSA) is 29.5 Å².